The number of hydrogen-bond donors (Lipinski definition) is 3. The number of benzene rings is 2. The molecule has 126 valence electrons. The molecule has 0 atom stereocenters. The second kappa shape index (κ2) is 6.43. The number of anilines is 1. The third-order valence-corrected chi connectivity index (χ3v) is 4.64. The highest BCUT2D eigenvalue weighted by atomic mass is 16.3. The number of carbonyl (C=O) groups is 1. The fourth-order valence-electron chi connectivity index (χ4n) is 3.36. The van der Waals surface area contributed by atoms with Crippen molar-refractivity contribution < 1.29 is 9.90 Å². The quantitative estimate of drug-likeness (QED) is 0.636. The first kappa shape index (κ1) is 15.4. The summed E-state index contributed by atoms with van der Waals surface area (Å²) in [6.07, 6.45) is 4.31. The molecule has 1 aliphatic rings. The van der Waals surface area contributed by atoms with Gasteiger partial charge in [-0.05, 0) is 43.9 Å². The molecule has 0 unspecified atom stereocenters. The molecule has 1 aliphatic carbocycles. The number of rotatable bonds is 3. The van der Waals surface area contributed by atoms with Crippen LogP contribution < -0.4 is 5.32 Å². The second-order valence-corrected chi connectivity index (χ2v) is 6.25. The van der Waals surface area contributed by atoms with E-state index < -0.39 is 0 Å². The molecule has 1 aromatic heterocycles. The maximum atomic E-state index is 12.8. The van der Waals surface area contributed by atoms with Crippen molar-refractivity contribution in [2.75, 3.05) is 5.32 Å². The minimum atomic E-state index is -0.260. The molecule has 0 spiro atoms. The Bertz CT molecular complexity index is 930. The fourth-order valence-corrected chi connectivity index (χ4v) is 3.36. The average molecular weight is 333 g/mol. The fraction of sp³-hybridized carbons (Fsp3) is 0.200. The molecule has 0 radical (unpaired) electrons. The lowest BCUT2D eigenvalue weighted by Crippen LogP contribution is -2.13. The van der Waals surface area contributed by atoms with E-state index in [1.807, 2.05) is 18.2 Å². The van der Waals surface area contributed by atoms with E-state index >= 15 is 0 Å². The standard InChI is InChI=1S/C20H19N3O2/c24-18-12-6-5-11-17(18)21-20(25)14-8-2-1-7-13(14)19-15-9-3-4-10-16(15)22-23-19/h1-2,5-8,11-12,24H,3-4,9-10H2,(H,21,25)(H,22,23). The van der Waals surface area contributed by atoms with Crippen LogP contribution in [-0.2, 0) is 12.8 Å². The van der Waals surface area contributed by atoms with Crippen LogP contribution in [0.4, 0.5) is 5.69 Å². The lowest BCUT2D eigenvalue weighted by Gasteiger charge is -2.13. The maximum Gasteiger partial charge on any atom is 0.256 e. The number of aryl methyl sites for hydroxylation is 1. The lowest BCUT2D eigenvalue weighted by molar-refractivity contribution is 0.102. The molecule has 1 amide bonds. The smallest absolute Gasteiger partial charge is 0.256 e. The molecule has 3 N–H and O–H groups in total. The zero-order valence-corrected chi connectivity index (χ0v) is 13.7. The summed E-state index contributed by atoms with van der Waals surface area (Å²) in [7, 11) is 0. The van der Waals surface area contributed by atoms with Gasteiger partial charge in [-0.3, -0.25) is 9.89 Å². The van der Waals surface area contributed by atoms with Gasteiger partial charge in [-0.25, -0.2) is 0 Å². The van der Waals surface area contributed by atoms with E-state index in [9.17, 15) is 9.90 Å². The van der Waals surface area contributed by atoms with Gasteiger partial charge in [0, 0.05) is 22.4 Å². The molecule has 0 fully saturated rings. The summed E-state index contributed by atoms with van der Waals surface area (Å²) in [6.45, 7) is 0. The number of carbonyl (C=O) groups excluding carboxylic acids is 1. The topological polar surface area (TPSA) is 78.0 Å². The summed E-state index contributed by atoms with van der Waals surface area (Å²) < 4.78 is 0. The van der Waals surface area contributed by atoms with Crippen LogP contribution in [0.1, 0.15) is 34.5 Å². The summed E-state index contributed by atoms with van der Waals surface area (Å²) >= 11 is 0. The highest BCUT2D eigenvalue weighted by Gasteiger charge is 2.22. The number of H-pyrrole nitrogens is 1. The molecule has 1 heterocycles. The predicted molar refractivity (Wildman–Crippen MR) is 96.7 cm³/mol. The molecule has 0 aliphatic heterocycles. The summed E-state index contributed by atoms with van der Waals surface area (Å²) in [6, 6.07) is 14.2. The van der Waals surface area contributed by atoms with E-state index in [2.05, 4.69) is 15.5 Å². The third kappa shape index (κ3) is 2.89. The summed E-state index contributed by atoms with van der Waals surface area (Å²) in [5, 5.41) is 20.3. The number of nitrogens with one attached hydrogen (secondary N) is 2. The van der Waals surface area contributed by atoms with Crippen molar-refractivity contribution in [3.05, 3.63) is 65.4 Å². The van der Waals surface area contributed by atoms with E-state index in [0.717, 1.165) is 30.5 Å². The minimum absolute atomic E-state index is 0.0467. The number of para-hydroxylation sites is 2. The van der Waals surface area contributed by atoms with Gasteiger partial charge in [0.05, 0.1) is 11.4 Å². The first-order valence-electron chi connectivity index (χ1n) is 8.49. The number of amides is 1. The maximum absolute atomic E-state index is 12.8. The number of aromatic amines is 1. The van der Waals surface area contributed by atoms with Crippen LogP contribution in [0.5, 0.6) is 5.75 Å². The second-order valence-electron chi connectivity index (χ2n) is 6.25. The van der Waals surface area contributed by atoms with E-state index in [0.29, 0.717) is 11.3 Å². The number of phenols is 1. The van der Waals surface area contributed by atoms with Gasteiger partial charge in [0.25, 0.3) is 5.91 Å². The largest absolute Gasteiger partial charge is 0.506 e. The molecule has 4 rings (SSSR count). The van der Waals surface area contributed by atoms with Crippen molar-refractivity contribution in [1.82, 2.24) is 10.2 Å². The van der Waals surface area contributed by atoms with Crippen molar-refractivity contribution in [1.29, 1.82) is 0 Å². The molecule has 25 heavy (non-hydrogen) atoms. The van der Waals surface area contributed by atoms with E-state index in [4.69, 9.17) is 0 Å². The molecule has 5 heteroatoms. The number of aromatic hydroxyl groups is 1. The summed E-state index contributed by atoms with van der Waals surface area (Å²) in [4.78, 5) is 12.8. The lowest BCUT2D eigenvalue weighted by atomic mass is 9.92. The number of fused-ring (bicyclic) bond motifs is 1. The van der Waals surface area contributed by atoms with Crippen molar-refractivity contribution >= 4 is 11.6 Å². The molecule has 3 aromatic rings. The van der Waals surface area contributed by atoms with Gasteiger partial charge in [-0.1, -0.05) is 30.3 Å². The third-order valence-electron chi connectivity index (χ3n) is 4.64. The number of aromatic nitrogens is 2. The van der Waals surface area contributed by atoms with Gasteiger partial charge in [-0.2, -0.15) is 5.10 Å². The molecule has 5 nitrogen and oxygen atoms in total. The summed E-state index contributed by atoms with van der Waals surface area (Å²) in [5.41, 5.74) is 5.01. The number of phenolic OH excluding ortho intramolecular Hbond substituents is 1. The molecule has 2 aromatic carbocycles. The van der Waals surface area contributed by atoms with Gasteiger partial charge >= 0.3 is 0 Å². The van der Waals surface area contributed by atoms with Crippen LogP contribution in [0, 0.1) is 0 Å². The summed E-state index contributed by atoms with van der Waals surface area (Å²) in [5.74, 6) is -0.213. The first-order valence-corrected chi connectivity index (χ1v) is 8.49. The Morgan fingerprint density at radius 2 is 1.80 bits per heavy atom. The average Bonchev–Trinajstić information content (AvgIpc) is 3.07. The van der Waals surface area contributed by atoms with Gasteiger partial charge in [0.2, 0.25) is 0 Å². The normalized spacial score (nSPS) is 13.3. The zero-order chi connectivity index (χ0) is 17.2. The van der Waals surface area contributed by atoms with Crippen LogP contribution >= 0.6 is 0 Å². The Kier molecular flexibility index (Phi) is 3.98. The van der Waals surface area contributed by atoms with Gasteiger partial charge < -0.3 is 10.4 Å². The molecule has 0 saturated carbocycles. The Labute approximate surface area is 145 Å². The number of nitrogens with zero attached hydrogens (tertiary/aromatic N) is 1. The van der Waals surface area contributed by atoms with E-state index in [-0.39, 0.29) is 11.7 Å². The molecule has 0 bridgehead atoms. The predicted octanol–water partition coefficient (Wildman–Crippen LogP) is 3.91. The Morgan fingerprint density at radius 1 is 1.04 bits per heavy atom. The van der Waals surface area contributed by atoms with E-state index in [1.165, 1.54) is 17.7 Å². The molecular formula is C20H19N3O2. The first-order chi connectivity index (χ1) is 12.2. The highest BCUT2D eigenvalue weighted by molar-refractivity contribution is 6.09. The van der Waals surface area contributed by atoms with Crippen molar-refractivity contribution in [2.45, 2.75) is 25.7 Å². The van der Waals surface area contributed by atoms with Crippen molar-refractivity contribution in [2.24, 2.45) is 0 Å². The van der Waals surface area contributed by atoms with Crippen molar-refractivity contribution in [3.63, 3.8) is 0 Å². The van der Waals surface area contributed by atoms with Crippen LogP contribution in [0.15, 0.2) is 48.5 Å². The van der Waals surface area contributed by atoms with Gasteiger partial charge in [-0.15, -0.1) is 0 Å². The Hall–Kier alpha value is -3.08. The SMILES string of the molecule is O=C(Nc1ccccc1O)c1ccccc1-c1n[nH]c2c1CCCC2. The van der Waals surface area contributed by atoms with Crippen molar-refractivity contribution in [3.8, 4) is 17.0 Å². The zero-order valence-electron chi connectivity index (χ0n) is 13.7. The van der Waals surface area contributed by atoms with Crippen LogP contribution in [0.3, 0.4) is 0 Å². The van der Waals surface area contributed by atoms with Gasteiger partial charge in [0.1, 0.15) is 5.75 Å². The van der Waals surface area contributed by atoms with Crippen LogP contribution in [-0.4, -0.2) is 21.2 Å². The Morgan fingerprint density at radius 3 is 2.68 bits per heavy atom. The van der Waals surface area contributed by atoms with E-state index in [1.54, 1.807) is 30.3 Å². The van der Waals surface area contributed by atoms with Crippen LogP contribution in [0.25, 0.3) is 11.3 Å². The monoisotopic (exact) mass is 333 g/mol. The molecular weight excluding hydrogens is 314 g/mol. The highest BCUT2D eigenvalue weighted by Crippen LogP contribution is 2.32. The number of hydrogen-bond acceptors (Lipinski definition) is 3. The van der Waals surface area contributed by atoms with Crippen LogP contribution in [0.2, 0.25) is 0 Å². The Balaban J connectivity index is 1.71. The van der Waals surface area contributed by atoms with Gasteiger partial charge in [0.15, 0.2) is 0 Å². The minimum Gasteiger partial charge on any atom is -0.506 e. The molecule has 0 saturated heterocycles.